The fourth-order valence-corrected chi connectivity index (χ4v) is 18.3. The van der Waals surface area contributed by atoms with Gasteiger partial charge in [0.05, 0.1) is 11.4 Å². The highest BCUT2D eigenvalue weighted by Gasteiger charge is 2.47. The van der Waals surface area contributed by atoms with E-state index in [0.29, 0.717) is 11.8 Å². The average Bonchev–Trinajstić information content (AvgIpc) is 0.662. The predicted molar refractivity (Wildman–Crippen MR) is 445 cm³/mol. The van der Waals surface area contributed by atoms with Crippen LogP contribution in [0, 0.1) is 0 Å². The van der Waals surface area contributed by atoms with Crippen LogP contribution in [0.5, 0.6) is 0 Å². The summed E-state index contributed by atoms with van der Waals surface area (Å²) in [6, 6.07) is 69.7. The molecule has 0 N–H and O–H groups in total. The van der Waals surface area contributed by atoms with E-state index in [2.05, 4.69) is 347 Å². The van der Waals surface area contributed by atoms with Gasteiger partial charge in [-0.05, 0) is 272 Å². The van der Waals surface area contributed by atoms with Crippen molar-refractivity contribution in [2.45, 2.75) is 216 Å². The first-order chi connectivity index (χ1) is 47.5. The molecule has 0 saturated carbocycles. The van der Waals surface area contributed by atoms with Gasteiger partial charge < -0.3 is 9.80 Å². The molecule has 2 nitrogen and oxygen atoms in total. The summed E-state index contributed by atoms with van der Waals surface area (Å²) in [6.07, 6.45) is 0. The molecule has 0 bridgehead atoms. The van der Waals surface area contributed by atoms with E-state index in [4.69, 9.17) is 0 Å². The number of anilines is 6. The molecule has 12 aromatic carbocycles. The van der Waals surface area contributed by atoms with E-state index >= 15 is 0 Å². The quantitative estimate of drug-likeness (QED) is 0.111. The van der Waals surface area contributed by atoms with E-state index in [-0.39, 0.29) is 51.5 Å². The van der Waals surface area contributed by atoms with E-state index < -0.39 is 0 Å². The van der Waals surface area contributed by atoms with Gasteiger partial charge in [0, 0.05) is 28.7 Å². The van der Waals surface area contributed by atoms with Gasteiger partial charge in [-0.25, -0.2) is 0 Å². The molecule has 1 atom stereocenters. The average molecular weight is 1320 g/mol. The number of rotatable bonds is 8. The summed E-state index contributed by atoms with van der Waals surface area (Å²) in [5.74, 6) is 1.15. The molecular weight excluding hydrogens is 1210 g/mol. The number of hydrogen-bond acceptors (Lipinski definition) is 2. The molecule has 0 radical (unpaired) electrons. The Morgan fingerprint density at radius 1 is 0.337 bits per heavy atom. The van der Waals surface area contributed by atoms with Crippen molar-refractivity contribution in [3.05, 3.63) is 237 Å². The highest BCUT2D eigenvalue weighted by molar-refractivity contribution is 7.01. The minimum absolute atomic E-state index is 0.0626. The van der Waals surface area contributed by atoms with Gasteiger partial charge in [-0.1, -0.05) is 273 Å². The van der Waals surface area contributed by atoms with Crippen molar-refractivity contribution in [2.75, 3.05) is 9.80 Å². The van der Waals surface area contributed by atoms with Crippen molar-refractivity contribution in [1.82, 2.24) is 0 Å². The van der Waals surface area contributed by atoms with Crippen LogP contribution in [-0.4, -0.2) is 14.6 Å². The van der Waals surface area contributed by atoms with Gasteiger partial charge in [-0.15, -0.1) is 0 Å². The summed E-state index contributed by atoms with van der Waals surface area (Å²) < 4.78 is 0. The summed E-state index contributed by atoms with van der Waals surface area (Å²) in [4.78, 5) is 5.30. The van der Waals surface area contributed by atoms with Crippen LogP contribution in [0.25, 0.3) is 76.8 Å². The maximum atomic E-state index is 2.81. The Morgan fingerprint density at radius 2 is 0.782 bits per heavy atom. The van der Waals surface area contributed by atoms with Crippen molar-refractivity contribution >= 4 is 103 Å². The van der Waals surface area contributed by atoms with E-state index in [1.54, 1.807) is 0 Å². The monoisotopic (exact) mass is 1320 g/mol. The smallest absolute Gasteiger partial charge is 0.248 e. The zero-order chi connectivity index (χ0) is 71.7. The van der Waals surface area contributed by atoms with Crippen LogP contribution in [0.4, 0.5) is 34.1 Å². The molecule has 101 heavy (non-hydrogen) atoms. The van der Waals surface area contributed by atoms with Crippen LogP contribution in [0.3, 0.4) is 0 Å². The van der Waals surface area contributed by atoms with E-state index in [9.17, 15) is 0 Å². The lowest BCUT2D eigenvalue weighted by Gasteiger charge is -2.44. The molecule has 12 aromatic rings. The highest BCUT2D eigenvalue weighted by atomic mass is 15.2. The SMILES string of the molecule is Bc1cc(C(C)(C)C)cc(C(C)(C)C)c1-c1cc2c3c(cc4c(-c5c(C(C)(C)C)cc(C(C)(C)C)cc5C(C)(C)C)cc5c6c(cc1c3c46)B1c3ccc(C(C)C)cc3N(c3ccccc3)c3cc(C(C)C)cc-5c31)C1c3ccc(C(C)C)cc3N(c3ccccc3)c3cc(C(C)C)cc-2c31. The zero-order valence-corrected chi connectivity index (χ0v) is 65.0. The van der Waals surface area contributed by atoms with Gasteiger partial charge in [-0.2, -0.15) is 0 Å². The summed E-state index contributed by atoms with van der Waals surface area (Å²) in [5.41, 5.74) is 39.6. The zero-order valence-electron chi connectivity index (χ0n) is 65.0. The van der Waals surface area contributed by atoms with Gasteiger partial charge >= 0.3 is 0 Å². The maximum Gasteiger partial charge on any atom is 0.248 e. The highest BCUT2D eigenvalue weighted by Crippen LogP contribution is 2.64. The second kappa shape index (κ2) is 22.7. The normalized spacial score (nSPS) is 14.9. The van der Waals surface area contributed by atoms with E-state index in [1.165, 1.54) is 200 Å². The Bertz CT molecular complexity index is 5410. The summed E-state index contributed by atoms with van der Waals surface area (Å²) in [7, 11) is 2.44. The molecule has 0 amide bonds. The minimum atomic E-state index is -0.229. The molecule has 1 aliphatic carbocycles. The van der Waals surface area contributed by atoms with Crippen molar-refractivity contribution < 1.29 is 0 Å². The summed E-state index contributed by atoms with van der Waals surface area (Å²) in [6.45, 7) is 55.6. The van der Waals surface area contributed by atoms with Crippen molar-refractivity contribution in [3.8, 4) is 44.5 Å². The Labute approximate surface area is 605 Å². The lowest BCUT2D eigenvalue weighted by molar-refractivity contribution is 0.550. The van der Waals surface area contributed by atoms with Crippen molar-refractivity contribution in [1.29, 1.82) is 0 Å². The fraction of sp³-hybridized carbons (Fsp3) is 0.340. The summed E-state index contributed by atoms with van der Waals surface area (Å²) in [5, 5.41) is 8.32. The predicted octanol–water partition coefficient (Wildman–Crippen LogP) is 24.4. The van der Waals surface area contributed by atoms with Crippen LogP contribution in [0.1, 0.15) is 256 Å². The van der Waals surface area contributed by atoms with Crippen LogP contribution in [0.2, 0.25) is 0 Å². The summed E-state index contributed by atoms with van der Waals surface area (Å²) >= 11 is 0. The molecule has 1 unspecified atom stereocenters. The van der Waals surface area contributed by atoms with Gasteiger partial charge in [0.25, 0.3) is 0 Å². The Kier molecular flexibility index (Phi) is 15.0. The standard InChI is InChI=1S/C97H104B2N2/c1-52(2)56-34-36-64-80(40-56)100(62-30-26-24-27-31-62)82-42-58(54(5)6)38-65-66-48-68(87-76(97(21,22)23)46-61(47-77(87)98)94(12,13)14)71-51-79-88-70(72-39-59(55(7)8)43-83-92(72)99(79)78-37-35-57(53(3)4)41-81(78)101(83)63-32-28-25-29-33-63)49-67(69-50-73(84(64)89(65)82)85(66)90(71)91(69)88)86-74(95(15,16)17)44-60(93(9,10)11)45-75(86)96(18,19)20/h24-55,84H,98H2,1-23H3. The molecule has 16 rings (SSSR count). The van der Waals surface area contributed by atoms with Crippen LogP contribution in [-0.2, 0) is 27.1 Å². The maximum absolute atomic E-state index is 2.81. The first-order valence-corrected chi connectivity index (χ1v) is 38.1. The van der Waals surface area contributed by atoms with Gasteiger partial charge in [0.1, 0.15) is 7.85 Å². The second-order valence-electron chi connectivity index (χ2n) is 37.3. The minimum Gasteiger partial charge on any atom is -0.311 e. The van der Waals surface area contributed by atoms with Crippen LogP contribution >= 0.6 is 0 Å². The third-order valence-electron chi connectivity index (χ3n) is 23.9. The number of benzene rings is 12. The molecule has 3 aliphatic heterocycles. The molecule has 0 spiro atoms. The first kappa shape index (κ1) is 66.9. The fourth-order valence-electron chi connectivity index (χ4n) is 18.3. The number of fused-ring (bicyclic) bond motifs is 8. The molecule has 508 valence electrons. The van der Waals surface area contributed by atoms with E-state index in [1.807, 2.05) is 0 Å². The lowest BCUT2D eigenvalue weighted by Crippen LogP contribution is -2.59. The molecule has 0 fully saturated rings. The Hall–Kier alpha value is -8.59. The molecule has 4 aliphatic rings. The third kappa shape index (κ3) is 10.2. The number of nitrogens with zero attached hydrogens (tertiary/aromatic N) is 2. The second-order valence-corrected chi connectivity index (χ2v) is 37.3. The topological polar surface area (TPSA) is 6.48 Å². The first-order valence-electron chi connectivity index (χ1n) is 38.1. The third-order valence-corrected chi connectivity index (χ3v) is 23.9. The van der Waals surface area contributed by atoms with Crippen molar-refractivity contribution in [3.63, 3.8) is 0 Å². The van der Waals surface area contributed by atoms with Gasteiger partial charge in [0.2, 0.25) is 6.71 Å². The lowest BCUT2D eigenvalue weighted by atomic mass is 9.32. The van der Waals surface area contributed by atoms with Crippen LogP contribution < -0.4 is 31.7 Å². The largest absolute Gasteiger partial charge is 0.311 e. The molecule has 0 aromatic heterocycles. The van der Waals surface area contributed by atoms with Gasteiger partial charge in [-0.3, -0.25) is 0 Å². The number of hydrogen-bond donors (Lipinski definition) is 0. The Balaban J connectivity index is 1.21. The Morgan fingerprint density at radius 3 is 1.32 bits per heavy atom. The number of para-hydroxylation sites is 2. The van der Waals surface area contributed by atoms with Gasteiger partial charge in [0.15, 0.2) is 0 Å². The van der Waals surface area contributed by atoms with E-state index in [0.717, 1.165) is 0 Å². The molecule has 0 saturated heterocycles. The molecular formula is C97H104B2N2. The van der Waals surface area contributed by atoms with Crippen LogP contribution in [0.15, 0.2) is 170 Å². The van der Waals surface area contributed by atoms with Crippen molar-refractivity contribution in [2.24, 2.45) is 0 Å². The molecule has 3 heterocycles. The molecule has 4 heteroatoms.